The van der Waals surface area contributed by atoms with Crippen LogP contribution < -0.4 is 4.74 Å². The van der Waals surface area contributed by atoms with Gasteiger partial charge in [0.1, 0.15) is 11.9 Å². The summed E-state index contributed by atoms with van der Waals surface area (Å²) in [6.45, 7) is 0.330. The summed E-state index contributed by atoms with van der Waals surface area (Å²) in [7, 11) is 1.63. The summed E-state index contributed by atoms with van der Waals surface area (Å²) in [4.78, 5) is 13.0. The smallest absolute Gasteiger partial charge is 0.274 e. The summed E-state index contributed by atoms with van der Waals surface area (Å²) in [6.07, 6.45) is -0.328. The third kappa shape index (κ3) is 3.74. The van der Waals surface area contributed by atoms with Crippen LogP contribution in [0.2, 0.25) is 0 Å². The van der Waals surface area contributed by atoms with Crippen LogP contribution in [0, 0.1) is 0 Å². The summed E-state index contributed by atoms with van der Waals surface area (Å²) < 4.78 is 11.4. The molecule has 0 N–H and O–H groups in total. The monoisotopic (exact) mass is 372 g/mol. The van der Waals surface area contributed by atoms with E-state index in [9.17, 15) is 4.79 Å². The zero-order chi connectivity index (χ0) is 19.3. The highest BCUT2D eigenvalue weighted by molar-refractivity contribution is 5.98. The largest absolute Gasteiger partial charge is 0.497 e. The molecule has 0 spiro atoms. The van der Waals surface area contributed by atoms with Crippen molar-refractivity contribution in [2.45, 2.75) is 6.10 Å². The fourth-order valence-electron chi connectivity index (χ4n) is 3.06. The Balaban J connectivity index is 1.68. The predicted molar refractivity (Wildman–Crippen MR) is 107 cm³/mol. The maximum atomic E-state index is 13.0. The van der Waals surface area contributed by atoms with E-state index in [1.54, 1.807) is 19.2 Å². The van der Waals surface area contributed by atoms with Crippen molar-refractivity contribution in [1.29, 1.82) is 0 Å². The lowest BCUT2D eigenvalue weighted by Crippen LogP contribution is -2.37. The van der Waals surface area contributed by atoms with Gasteiger partial charge in [0.15, 0.2) is 0 Å². The number of rotatable bonds is 4. The number of ether oxygens (including phenoxy) is 2. The first-order valence-electron chi connectivity index (χ1n) is 9.06. The lowest BCUT2D eigenvalue weighted by atomic mass is 10.1. The van der Waals surface area contributed by atoms with Crippen LogP contribution in [0.25, 0.3) is 0 Å². The van der Waals surface area contributed by atoms with Gasteiger partial charge in [-0.25, -0.2) is 5.01 Å². The molecule has 3 aromatic rings. The Bertz CT molecular complexity index is 970. The van der Waals surface area contributed by atoms with Crippen molar-refractivity contribution >= 4 is 11.8 Å². The Morgan fingerprint density at radius 1 is 0.964 bits per heavy atom. The highest BCUT2D eigenvalue weighted by atomic mass is 16.5. The fraction of sp³-hybridized carbons (Fsp3) is 0.130. The highest BCUT2D eigenvalue weighted by Gasteiger charge is 2.29. The number of amides is 1. The minimum Gasteiger partial charge on any atom is -0.497 e. The van der Waals surface area contributed by atoms with Gasteiger partial charge >= 0.3 is 0 Å². The zero-order valence-corrected chi connectivity index (χ0v) is 15.5. The topological polar surface area (TPSA) is 51.1 Å². The highest BCUT2D eigenvalue weighted by Crippen LogP contribution is 2.27. The molecule has 0 fully saturated rings. The Labute approximate surface area is 163 Å². The second kappa shape index (κ2) is 7.96. The van der Waals surface area contributed by atoms with Crippen LogP contribution in [0.4, 0.5) is 0 Å². The third-order valence-electron chi connectivity index (χ3n) is 4.57. The molecule has 0 radical (unpaired) electrons. The number of nitrogens with zero attached hydrogens (tertiary/aromatic N) is 2. The minimum atomic E-state index is -0.328. The van der Waals surface area contributed by atoms with Crippen LogP contribution in [0.5, 0.6) is 5.75 Å². The van der Waals surface area contributed by atoms with Gasteiger partial charge in [0.05, 0.1) is 13.7 Å². The number of methoxy groups -OCH3 is 1. The molecule has 5 heteroatoms. The van der Waals surface area contributed by atoms with Gasteiger partial charge in [-0.15, -0.1) is 5.10 Å². The van der Waals surface area contributed by atoms with E-state index in [0.29, 0.717) is 18.0 Å². The molecular weight excluding hydrogens is 352 g/mol. The van der Waals surface area contributed by atoms with Crippen LogP contribution >= 0.6 is 0 Å². The second-order valence-electron chi connectivity index (χ2n) is 6.40. The number of hydrogen-bond acceptors (Lipinski definition) is 4. The first kappa shape index (κ1) is 17.8. The van der Waals surface area contributed by atoms with Crippen LogP contribution in [-0.4, -0.2) is 30.5 Å². The molecule has 0 aromatic heterocycles. The van der Waals surface area contributed by atoms with Crippen LogP contribution in [0.1, 0.15) is 27.6 Å². The van der Waals surface area contributed by atoms with Gasteiger partial charge in [0.2, 0.25) is 5.90 Å². The standard InChI is InChI=1S/C23H20N2O3/c1-27-20-14-12-17(13-15-20)21-16-25(23(26)19-10-6-3-7-11-19)24-22(28-21)18-8-4-2-5-9-18/h2-15,21H,16H2,1H3/t21-/m1/s1. The minimum absolute atomic E-state index is 0.157. The molecule has 0 saturated carbocycles. The van der Waals surface area contributed by atoms with Gasteiger partial charge in [-0.1, -0.05) is 48.5 Å². The molecule has 140 valence electrons. The molecule has 0 saturated heterocycles. The second-order valence-corrected chi connectivity index (χ2v) is 6.40. The van der Waals surface area contributed by atoms with Crippen LogP contribution in [0.3, 0.4) is 0 Å². The van der Waals surface area contributed by atoms with E-state index in [-0.39, 0.29) is 12.0 Å². The average Bonchev–Trinajstić information content (AvgIpc) is 2.79. The molecule has 1 aliphatic heterocycles. The number of carbonyl (C=O) groups excluding carboxylic acids is 1. The Hall–Kier alpha value is -3.60. The van der Waals surface area contributed by atoms with Crippen molar-refractivity contribution in [3.63, 3.8) is 0 Å². The lowest BCUT2D eigenvalue weighted by Gasteiger charge is -2.31. The van der Waals surface area contributed by atoms with Gasteiger partial charge in [-0.2, -0.15) is 0 Å². The molecule has 0 bridgehead atoms. The summed E-state index contributed by atoms with van der Waals surface area (Å²) in [5.74, 6) is 1.04. The van der Waals surface area contributed by atoms with Crippen molar-refractivity contribution in [3.05, 3.63) is 102 Å². The Morgan fingerprint density at radius 2 is 1.61 bits per heavy atom. The van der Waals surface area contributed by atoms with E-state index in [1.165, 1.54) is 5.01 Å². The number of carbonyl (C=O) groups is 1. The summed E-state index contributed by atoms with van der Waals surface area (Å²) >= 11 is 0. The van der Waals surface area contributed by atoms with Crippen LogP contribution in [-0.2, 0) is 4.74 Å². The lowest BCUT2D eigenvalue weighted by molar-refractivity contribution is 0.0545. The maximum absolute atomic E-state index is 13.0. The van der Waals surface area contributed by atoms with Crippen molar-refractivity contribution < 1.29 is 14.3 Å². The van der Waals surface area contributed by atoms with Crippen molar-refractivity contribution in [2.75, 3.05) is 13.7 Å². The molecule has 5 nitrogen and oxygen atoms in total. The quantitative estimate of drug-likeness (QED) is 0.687. The summed E-state index contributed by atoms with van der Waals surface area (Å²) in [6, 6.07) is 26.4. The molecular formula is C23H20N2O3. The van der Waals surface area contributed by atoms with E-state index in [4.69, 9.17) is 9.47 Å². The van der Waals surface area contributed by atoms with Crippen LogP contribution in [0.15, 0.2) is 90.0 Å². The Kier molecular flexibility index (Phi) is 5.06. The van der Waals surface area contributed by atoms with Crippen molar-refractivity contribution in [2.24, 2.45) is 5.10 Å². The normalized spacial score (nSPS) is 16.1. The van der Waals surface area contributed by atoms with Crippen molar-refractivity contribution in [3.8, 4) is 5.75 Å². The van der Waals surface area contributed by atoms with Gasteiger partial charge < -0.3 is 9.47 Å². The van der Waals surface area contributed by atoms with E-state index in [2.05, 4.69) is 5.10 Å². The summed E-state index contributed by atoms with van der Waals surface area (Å²) in [5.41, 5.74) is 2.37. The molecule has 1 aliphatic rings. The molecule has 0 aliphatic carbocycles. The van der Waals surface area contributed by atoms with E-state index < -0.39 is 0 Å². The molecule has 4 rings (SSSR count). The first-order chi connectivity index (χ1) is 13.7. The average molecular weight is 372 g/mol. The summed E-state index contributed by atoms with van der Waals surface area (Å²) in [5, 5.41) is 5.97. The molecule has 1 heterocycles. The number of hydrogen-bond donors (Lipinski definition) is 0. The third-order valence-corrected chi connectivity index (χ3v) is 4.57. The van der Waals surface area contributed by atoms with Gasteiger partial charge in [0.25, 0.3) is 5.91 Å². The van der Waals surface area contributed by atoms with Crippen molar-refractivity contribution in [1.82, 2.24) is 5.01 Å². The number of benzene rings is 3. The van der Waals surface area contributed by atoms with Gasteiger partial charge in [-0.3, -0.25) is 4.79 Å². The van der Waals surface area contributed by atoms with E-state index in [0.717, 1.165) is 16.9 Å². The SMILES string of the molecule is COc1ccc([C@H]2CN(C(=O)c3ccccc3)N=C(c3ccccc3)O2)cc1. The zero-order valence-electron chi connectivity index (χ0n) is 15.5. The first-order valence-corrected chi connectivity index (χ1v) is 9.06. The number of hydrazone groups is 1. The molecule has 1 amide bonds. The Morgan fingerprint density at radius 3 is 2.25 bits per heavy atom. The molecule has 0 unspecified atom stereocenters. The molecule has 1 atom stereocenters. The van der Waals surface area contributed by atoms with Gasteiger partial charge in [0, 0.05) is 11.1 Å². The molecule has 3 aromatic carbocycles. The van der Waals surface area contributed by atoms with Gasteiger partial charge in [-0.05, 0) is 42.0 Å². The predicted octanol–water partition coefficient (Wildman–Crippen LogP) is 4.27. The molecule has 28 heavy (non-hydrogen) atoms. The maximum Gasteiger partial charge on any atom is 0.274 e. The van der Waals surface area contributed by atoms with E-state index >= 15 is 0 Å². The van der Waals surface area contributed by atoms with E-state index in [1.807, 2.05) is 72.8 Å². The fourth-order valence-corrected chi connectivity index (χ4v) is 3.06.